The molecule has 0 saturated heterocycles. The van der Waals surface area contributed by atoms with Crippen LogP contribution in [0.2, 0.25) is 0 Å². The number of ether oxygens (including phenoxy) is 1. The van der Waals surface area contributed by atoms with E-state index in [1.165, 1.54) is 19.5 Å². The minimum absolute atomic E-state index is 0.0520. The zero-order valence-corrected chi connectivity index (χ0v) is 10.8. The first-order valence-corrected chi connectivity index (χ1v) is 6.38. The summed E-state index contributed by atoms with van der Waals surface area (Å²) >= 11 is 0. The summed E-state index contributed by atoms with van der Waals surface area (Å²) < 4.78 is 4.74. The fourth-order valence-electron chi connectivity index (χ4n) is 2.48. The highest BCUT2D eigenvalue weighted by Crippen LogP contribution is 2.32. The third kappa shape index (κ3) is 3.27. The van der Waals surface area contributed by atoms with Crippen LogP contribution < -0.4 is 5.32 Å². The highest BCUT2D eigenvalue weighted by atomic mass is 16.5. The second-order valence-corrected chi connectivity index (χ2v) is 4.61. The third-order valence-electron chi connectivity index (χ3n) is 3.41. The molecular weight excluding hydrogens is 246 g/mol. The summed E-state index contributed by atoms with van der Waals surface area (Å²) in [6.45, 7) is 0. The van der Waals surface area contributed by atoms with Crippen LogP contribution in [0.4, 0.5) is 5.95 Å². The molecule has 1 aliphatic rings. The molecule has 0 unspecified atom stereocenters. The smallest absolute Gasteiger partial charge is 0.318 e. The van der Waals surface area contributed by atoms with Crippen molar-refractivity contribution in [2.45, 2.75) is 25.7 Å². The molecule has 0 bridgehead atoms. The van der Waals surface area contributed by atoms with E-state index in [9.17, 15) is 9.59 Å². The van der Waals surface area contributed by atoms with Crippen LogP contribution in [0.1, 0.15) is 25.7 Å². The van der Waals surface area contributed by atoms with E-state index in [2.05, 4.69) is 15.3 Å². The van der Waals surface area contributed by atoms with E-state index in [0.29, 0.717) is 0 Å². The van der Waals surface area contributed by atoms with Gasteiger partial charge in [-0.3, -0.25) is 14.9 Å². The Hall–Kier alpha value is -1.98. The zero-order chi connectivity index (χ0) is 13.7. The average Bonchev–Trinajstić information content (AvgIpc) is 2.93. The molecule has 0 aliphatic heterocycles. The fraction of sp³-hybridized carbons (Fsp3) is 0.538. The highest BCUT2D eigenvalue weighted by molar-refractivity contribution is 6.04. The minimum Gasteiger partial charge on any atom is -0.468 e. The molecule has 19 heavy (non-hydrogen) atoms. The molecular formula is C13H17N3O3. The van der Waals surface area contributed by atoms with Gasteiger partial charge in [-0.1, -0.05) is 12.8 Å². The van der Waals surface area contributed by atoms with Crippen molar-refractivity contribution in [3.8, 4) is 0 Å². The van der Waals surface area contributed by atoms with Crippen LogP contribution in [-0.4, -0.2) is 29.0 Å². The molecule has 6 heteroatoms. The third-order valence-corrected chi connectivity index (χ3v) is 3.41. The Kier molecular flexibility index (Phi) is 4.43. The van der Waals surface area contributed by atoms with E-state index >= 15 is 0 Å². The van der Waals surface area contributed by atoms with Crippen molar-refractivity contribution in [1.29, 1.82) is 0 Å². The van der Waals surface area contributed by atoms with Crippen LogP contribution in [0.3, 0.4) is 0 Å². The van der Waals surface area contributed by atoms with Gasteiger partial charge in [0.1, 0.15) is 5.92 Å². The first kappa shape index (κ1) is 13.5. The predicted octanol–water partition coefficient (Wildman–Crippen LogP) is 1.39. The van der Waals surface area contributed by atoms with Crippen LogP contribution >= 0.6 is 0 Å². The SMILES string of the molecule is COC(=O)[C@H](C(=O)Nc1ncccn1)C1CCCC1. The number of hydrogen-bond acceptors (Lipinski definition) is 5. The standard InChI is InChI=1S/C13H17N3O3/c1-19-12(18)10(9-5-2-3-6-9)11(17)16-13-14-7-4-8-15-13/h4,7-10H,2-3,5-6H2,1H3,(H,14,15,16,17)/t10-/m0/s1. The topological polar surface area (TPSA) is 81.2 Å². The van der Waals surface area contributed by atoms with Crippen molar-refractivity contribution in [2.24, 2.45) is 11.8 Å². The second kappa shape index (κ2) is 6.26. The fourth-order valence-corrected chi connectivity index (χ4v) is 2.48. The molecule has 102 valence electrons. The maximum atomic E-state index is 12.2. The van der Waals surface area contributed by atoms with Crippen molar-refractivity contribution >= 4 is 17.8 Å². The Morgan fingerprint density at radius 2 is 1.95 bits per heavy atom. The number of esters is 1. The van der Waals surface area contributed by atoms with Gasteiger partial charge in [-0.25, -0.2) is 9.97 Å². The van der Waals surface area contributed by atoms with Gasteiger partial charge in [-0.15, -0.1) is 0 Å². The van der Waals surface area contributed by atoms with Gasteiger partial charge in [-0.2, -0.15) is 0 Å². The number of nitrogens with one attached hydrogen (secondary N) is 1. The van der Waals surface area contributed by atoms with E-state index < -0.39 is 11.9 Å². The lowest BCUT2D eigenvalue weighted by Gasteiger charge is -2.19. The quantitative estimate of drug-likeness (QED) is 0.656. The van der Waals surface area contributed by atoms with Gasteiger partial charge in [0, 0.05) is 12.4 Å². The molecule has 0 radical (unpaired) electrons. The van der Waals surface area contributed by atoms with E-state index in [1.807, 2.05) is 0 Å². The normalized spacial score (nSPS) is 16.9. The summed E-state index contributed by atoms with van der Waals surface area (Å²) in [5.41, 5.74) is 0. The first-order chi connectivity index (χ1) is 9.22. The van der Waals surface area contributed by atoms with E-state index in [-0.39, 0.29) is 17.8 Å². The minimum atomic E-state index is -0.767. The molecule has 1 N–H and O–H groups in total. The van der Waals surface area contributed by atoms with Gasteiger partial charge in [0.05, 0.1) is 7.11 Å². The highest BCUT2D eigenvalue weighted by Gasteiger charge is 2.37. The Morgan fingerprint density at radius 3 is 2.53 bits per heavy atom. The largest absolute Gasteiger partial charge is 0.468 e. The number of methoxy groups -OCH3 is 1. The number of carbonyl (C=O) groups excluding carboxylic acids is 2. The van der Waals surface area contributed by atoms with Crippen molar-refractivity contribution in [3.63, 3.8) is 0 Å². The molecule has 0 aromatic carbocycles. The van der Waals surface area contributed by atoms with Gasteiger partial charge < -0.3 is 4.74 Å². The van der Waals surface area contributed by atoms with Crippen LogP contribution in [0.15, 0.2) is 18.5 Å². The molecule has 1 heterocycles. The lowest BCUT2D eigenvalue weighted by atomic mass is 9.90. The van der Waals surface area contributed by atoms with Gasteiger partial charge in [0.15, 0.2) is 0 Å². The molecule has 1 aromatic heterocycles. The van der Waals surface area contributed by atoms with Gasteiger partial charge in [0.25, 0.3) is 0 Å². The summed E-state index contributed by atoms with van der Waals surface area (Å²) in [4.78, 5) is 31.9. The Morgan fingerprint density at radius 1 is 1.32 bits per heavy atom. The predicted molar refractivity (Wildman–Crippen MR) is 68.1 cm³/mol. The summed E-state index contributed by atoms with van der Waals surface area (Å²) in [6, 6.07) is 1.66. The molecule has 6 nitrogen and oxygen atoms in total. The van der Waals surface area contributed by atoms with Crippen molar-refractivity contribution in [2.75, 3.05) is 12.4 Å². The summed E-state index contributed by atoms with van der Waals surface area (Å²) in [5.74, 6) is -1.38. The van der Waals surface area contributed by atoms with Crippen LogP contribution in [-0.2, 0) is 14.3 Å². The summed E-state index contributed by atoms with van der Waals surface area (Å²) in [6.07, 6.45) is 6.92. The number of aromatic nitrogens is 2. The van der Waals surface area contributed by atoms with Gasteiger partial charge >= 0.3 is 5.97 Å². The molecule has 2 rings (SSSR count). The molecule has 1 fully saturated rings. The molecule has 0 spiro atoms. The molecule has 1 aliphatic carbocycles. The Balaban J connectivity index is 2.09. The van der Waals surface area contributed by atoms with Crippen LogP contribution in [0, 0.1) is 11.8 Å². The van der Waals surface area contributed by atoms with Crippen molar-refractivity contribution in [3.05, 3.63) is 18.5 Å². The molecule has 1 saturated carbocycles. The number of hydrogen-bond donors (Lipinski definition) is 1. The zero-order valence-electron chi connectivity index (χ0n) is 10.8. The number of amides is 1. The van der Waals surface area contributed by atoms with Crippen LogP contribution in [0.5, 0.6) is 0 Å². The lowest BCUT2D eigenvalue weighted by molar-refractivity contribution is -0.150. The maximum absolute atomic E-state index is 12.2. The number of carbonyl (C=O) groups is 2. The van der Waals surface area contributed by atoms with Gasteiger partial charge in [0.2, 0.25) is 11.9 Å². The monoisotopic (exact) mass is 263 g/mol. The van der Waals surface area contributed by atoms with E-state index in [4.69, 9.17) is 4.74 Å². The Bertz CT molecular complexity index is 444. The molecule has 1 amide bonds. The number of nitrogens with zero attached hydrogens (tertiary/aromatic N) is 2. The number of rotatable bonds is 4. The molecule has 1 aromatic rings. The van der Waals surface area contributed by atoms with E-state index in [0.717, 1.165) is 25.7 Å². The van der Waals surface area contributed by atoms with E-state index in [1.54, 1.807) is 6.07 Å². The van der Waals surface area contributed by atoms with Crippen molar-refractivity contribution in [1.82, 2.24) is 9.97 Å². The summed E-state index contributed by atoms with van der Waals surface area (Å²) in [5, 5.41) is 2.57. The number of anilines is 1. The lowest BCUT2D eigenvalue weighted by Crippen LogP contribution is -2.36. The van der Waals surface area contributed by atoms with Gasteiger partial charge in [-0.05, 0) is 24.8 Å². The van der Waals surface area contributed by atoms with Crippen LogP contribution in [0.25, 0.3) is 0 Å². The second-order valence-electron chi connectivity index (χ2n) is 4.61. The molecule has 1 atom stereocenters. The first-order valence-electron chi connectivity index (χ1n) is 6.38. The van der Waals surface area contributed by atoms with Crippen molar-refractivity contribution < 1.29 is 14.3 Å². The summed E-state index contributed by atoms with van der Waals surface area (Å²) in [7, 11) is 1.30. The Labute approximate surface area is 111 Å². The maximum Gasteiger partial charge on any atom is 0.318 e. The average molecular weight is 263 g/mol.